The molecule has 0 unspecified atom stereocenters. The number of pyridine rings is 1. The van der Waals surface area contributed by atoms with Crippen molar-refractivity contribution < 1.29 is 9.72 Å². The van der Waals surface area contributed by atoms with Crippen LogP contribution in [-0.4, -0.2) is 32.1 Å². The number of aromatic nitrogens is 3. The van der Waals surface area contributed by atoms with E-state index in [9.17, 15) is 14.9 Å². The molecular weight excluding hydrogens is 336 g/mol. The van der Waals surface area contributed by atoms with Crippen molar-refractivity contribution in [3.8, 4) is 5.82 Å². The van der Waals surface area contributed by atoms with Crippen LogP contribution in [0.15, 0.2) is 48.7 Å². The van der Waals surface area contributed by atoms with E-state index in [1.807, 2.05) is 12.1 Å². The van der Waals surface area contributed by atoms with Crippen molar-refractivity contribution in [2.24, 2.45) is 0 Å². The van der Waals surface area contributed by atoms with E-state index < -0.39 is 10.7 Å². The van der Waals surface area contributed by atoms with Gasteiger partial charge in [-0.1, -0.05) is 24.3 Å². The van der Waals surface area contributed by atoms with Crippen molar-refractivity contribution in [3.63, 3.8) is 0 Å². The van der Waals surface area contributed by atoms with Crippen LogP contribution in [0.25, 0.3) is 5.82 Å². The molecule has 1 aliphatic rings. The van der Waals surface area contributed by atoms with Crippen LogP contribution < -0.4 is 10.6 Å². The number of nitro groups is 1. The smallest absolute Gasteiger partial charge is 0.384 e. The van der Waals surface area contributed by atoms with Gasteiger partial charge < -0.3 is 15.8 Å². The highest BCUT2D eigenvalue weighted by Gasteiger charge is 2.33. The lowest BCUT2D eigenvalue weighted by Gasteiger charge is -2.26. The van der Waals surface area contributed by atoms with Gasteiger partial charge in [0.05, 0.1) is 11.3 Å². The molecule has 9 heteroatoms. The largest absolute Gasteiger partial charge is 0.414 e. The van der Waals surface area contributed by atoms with Crippen LogP contribution in [-0.2, 0) is 6.42 Å². The van der Waals surface area contributed by atoms with Gasteiger partial charge in [0.15, 0.2) is 11.5 Å². The van der Waals surface area contributed by atoms with E-state index in [1.54, 1.807) is 30.3 Å². The zero-order chi connectivity index (χ0) is 18.3. The summed E-state index contributed by atoms with van der Waals surface area (Å²) in [6.07, 6.45) is 2.05. The van der Waals surface area contributed by atoms with Gasteiger partial charge in [-0.3, -0.25) is 9.69 Å². The second-order valence-corrected chi connectivity index (χ2v) is 5.82. The Morgan fingerprint density at radius 3 is 2.73 bits per heavy atom. The Labute approximate surface area is 147 Å². The lowest BCUT2D eigenvalue weighted by atomic mass is 9.99. The molecule has 0 saturated carbocycles. The molecule has 0 saturated heterocycles. The zero-order valence-corrected chi connectivity index (χ0v) is 13.6. The van der Waals surface area contributed by atoms with Crippen LogP contribution in [0.4, 0.5) is 17.3 Å². The Bertz CT molecular complexity index is 1030. The molecule has 2 aromatic heterocycles. The molecule has 2 N–H and O–H groups in total. The SMILES string of the molecule is Nc1cccc(-n2cc(N3CCc4ccccc4C3=O)c([N+](=O)[O-])n2)n1. The van der Waals surface area contributed by atoms with Crippen LogP contribution in [0, 0.1) is 10.1 Å². The molecule has 0 radical (unpaired) electrons. The summed E-state index contributed by atoms with van der Waals surface area (Å²) in [5.74, 6) is -0.0774. The Kier molecular flexibility index (Phi) is 3.61. The quantitative estimate of drug-likeness (QED) is 0.569. The van der Waals surface area contributed by atoms with Crippen LogP contribution in [0.3, 0.4) is 0 Å². The average Bonchev–Trinajstić information content (AvgIpc) is 3.08. The topological polar surface area (TPSA) is 120 Å². The Hall–Kier alpha value is -3.75. The molecule has 4 rings (SSSR count). The summed E-state index contributed by atoms with van der Waals surface area (Å²) in [4.78, 5) is 29.2. The predicted octanol–water partition coefficient (Wildman–Crippen LogP) is 1.96. The van der Waals surface area contributed by atoms with Gasteiger partial charge in [-0.2, -0.15) is 0 Å². The van der Waals surface area contributed by atoms with E-state index >= 15 is 0 Å². The highest BCUT2D eigenvalue weighted by atomic mass is 16.6. The third-order valence-corrected chi connectivity index (χ3v) is 4.23. The number of rotatable bonds is 3. The number of carbonyl (C=O) groups excluding carboxylic acids is 1. The van der Waals surface area contributed by atoms with Crippen molar-refractivity contribution in [2.75, 3.05) is 17.2 Å². The predicted molar refractivity (Wildman–Crippen MR) is 94.2 cm³/mol. The number of anilines is 2. The van der Waals surface area contributed by atoms with Crippen LogP contribution in [0.5, 0.6) is 0 Å². The Morgan fingerprint density at radius 1 is 1.15 bits per heavy atom. The molecule has 26 heavy (non-hydrogen) atoms. The van der Waals surface area contributed by atoms with Gasteiger partial charge in [0.25, 0.3) is 5.91 Å². The zero-order valence-electron chi connectivity index (χ0n) is 13.6. The first-order chi connectivity index (χ1) is 12.5. The van der Waals surface area contributed by atoms with Crippen LogP contribution in [0.1, 0.15) is 15.9 Å². The summed E-state index contributed by atoms with van der Waals surface area (Å²) in [5, 5.41) is 15.5. The van der Waals surface area contributed by atoms with Crippen molar-refractivity contribution in [3.05, 3.63) is 69.9 Å². The fourth-order valence-electron chi connectivity index (χ4n) is 3.02. The van der Waals surface area contributed by atoms with E-state index in [2.05, 4.69) is 10.1 Å². The summed E-state index contributed by atoms with van der Waals surface area (Å²) in [7, 11) is 0. The lowest BCUT2D eigenvalue weighted by Crippen LogP contribution is -2.37. The summed E-state index contributed by atoms with van der Waals surface area (Å²) in [6, 6.07) is 12.2. The van der Waals surface area contributed by atoms with Gasteiger partial charge in [-0.05, 0) is 35.1 Å². The number of hydrogen-bond donors (Lipinski definition) is 1. The first-order valence-electron chi connectivity index (χ1n) is 7.91. The number of hydrogen-bond acceptors (Lipinski definition) is 6. The molecule has 3 heterocycles. The lowest BCUT2D eigenvalue weighted by molar-refractivity contribution is -0.388. The minimum atomic E-state index is -0.605. The molecule has 1 aliphatic heterocycles. The molecule has 9 nitrogen and oxygen atoms in total. The first kappa shape index (κ1) is 15.8. The van der Waals surface area contributed by atoms with Gasteiger partial charge in [0.1, 0.15) is 5.82 Å². The highest BCUT2D eigenvalue weighted by molar-refractivity contribution is 6.09. The van der Waals surface area contributed by atoms with Crippen LogP contribution in [0.2, 0.25) is 0 Å². The molecule has 0 atom stereocenters. The molecule has 0 fully saturated rings. The van der Waals surface area contributed by atoms with E-state index in [4.69, 9.17) is 5.73 Å². The minimum Gasteiger partial charge on any atom is -0.384 e. The van der Waals surface area contributed by atoms with E-state index in [1.165, 1.54) is 15.8 Å². The Morgan fingerprint density at radius 2 is 1.96 bits per heavy atom. The molecule has 3 aromatic rings. The van der Waals surface area contributed by atoms with Gasteiger partial charge in [-0.25, -0.2) is 4.98 Å². The normalized spacial score (nSPS) is 13.5. The number of benzene rings is 1. The van der Waals surface area contributed by atoms with Crippen LogP contribution >= 0.6 is 0 Å². The third-order valence-electron chi connectivity index (χ3n) is 4.23. The molecule has 130 valence electrons. The number of fused-ring (bicyclic) bond motifs is 1. The third kappa shape index (κ3) is 2.55. The number of nitrogens with two attached hydrogens (primary N) is 1. The minimum absolute atomic E-state index is 0.138. The molecule has 0 bridgehead atoms. The summed E-state index contributed by atoms with van der Waals surface area (Å²) in [6.45, 7) is 0.340. The fourth-order valence-corrected chi connectivity index (χ4v) is 3.02. The maximum Gasteiger partial charge on any atom is 0.414 e. The fraction of sp³-hybridized carbons (Fsp3) is 0.118. The molecule has 0 aliphatic carbocycles. The second-order valence-electron chi connectivity index (χ2n) is 5.82. The maximum atomic E-state index is 12.8. The van der Waals surface area contributed by atoms with Crippen molar-refractivity contribution in [2.45, 2.75) is 6.42 Å². The first-order valence-corrected chi connectivity index (χ1v) is 7.91. The van der Waals surface area contributed by atoms with Gasteiger partial charge in [0.2, 0.25) is 0 Å². The number of carbonyl (C=O) groups is 1. The molecule has 1 aromatic carbocycles. The summed E-state index contributed by atoms with van der Waals surface area (Å²) in [5.41, 5.74) is 7.28. The molecular formula is C17H14N6O3. The Balaban J connectivity index is 1.79. The van der Waals surface area contributed by atoms with Gasteiger partial charge in [0, 0.05) is 12.1 Å². The van der Waals surface area contributed by atoms with E-state index in [0.717, 1.165) is 5.56 Å². The molecule has 1 amide bonds. The average molecular weight is 350 g/mol. The summed E-state index contributed by atoms with van der Waals surface area (Å²) >= 11 is 0. The maximum absolute atomic E-state index is 12.8. The number of nitrogen functional groups attached to an aromatic ring is 1. The van der Waals surface area contributed by atoms with Crippen molar-refractivity contribution >= 4 is 23.2 Å². The molecule has 0 spiro atoms. The van der Waals surface area contributed by atoms with Crippen molar-refractivity contribution in [1.29, 1.82) is 0 Å². The monoisotopic (exact) mass is 350 g/mol. The summed E-state index contributed by atoms with van der Waals surface area (Å²) < 4.78 is 1.26. The van der Waals surface area contributed by atoms with E-state index in [0.29, 0.717) is 24.3 Å². The van der Waals surface area contributed by atoms with Crippen molar-refractivity contribution in [1.82, 2.24) is 14.8 Å². The number of nitrogens with zero attached hydrogens (tertiary/aromatic N) is 5. The van der Waals surface area contributed by atoms with E-state index in [-0.39, 0.29) is 17.4 Å². The second kappa shape index (κ2) is 5.96. The van der Waals surface area contributed by atoms with Gasteiger partial charge >= 0.3 is 5.82 Å². The highest BCUT2D eigenvalue weighted by Crippen LogP contribution is 2.32. The standard InChI is InChI=1S/C17H14N6O3/c18-14-6-3-7-15(19-14)22-10-13(16(20-22)23(25)26)21-9-8-11-4-1-2-5-12(11)17(21)24/h1-7,10H,8-9H2,(H2,18,19). The van der Waals surface area contributed by atoms with Gasteiger partial charge in [-0.15, -0.1) is 4.68 Å². The number of amides is 1.